The van der Waals surface area contributed by atoms with Gasteiger partial charge in [-0.05, 0) is 85.9 Å². The molecule has 2 saturated carbocycles. The average molecular weight is 524 g/mol. The summed E-state index contributed by atoms with van der Waals surface area (Å²) in [4.78, 5) is 15.2. The van der Waals surface area contributed by atoms with E-state index < -0.39 is 12.6 Å². The fourth-order valence-electron chi connectivity index (χ4n) is 6.16. The van der Waals surface area contributed by atoms with Gasteiger partial charge in [0.1, 0.15) is 18.3 Å². The van der Waals surface area contributed by atoms with Crippen molar-refractivity contribution < 1.29 is 18.0 Å². The number of carbonyl (C=O) groups is 1. The van der Waals surface area contributed by atoms with E-state index in [0.29, 0.717) is 41.8 Å². The zero-order valence-electron chi connectivity index (χ0n) is 21.6. The highest BCUT2D eigenvalue weighted by atomic mass is 19.3. The first kappa shape index (κ1) is 25.1. The topological polar surface area (TPSA) is 63.1 Å². The minimum Gasteiger partial charge on any atom is -0.320 e. The Bertz CT molecular complexity index is 1360. The van der Waals surface area contributed by atoms with Crippen LogP contribution in [-0.2, 0) is 20.1 Å². The number of carbonyl (C=O) groups excluding carboxylic acids is 1. The SMILES string of the molecule is Cn1cnnc1C(c1cccc(N2Cc3c(cc(CNC4(C)CCC4)cc3C(F)F)C2=O)c1)[C@H]1C[C@@H](F)C1. The van der Waals surface area contributed by atoms with Crippen LogP contribution in [0.4, 0.5) is 18.9 Å². The molecule has 0 saturated heterocycles. The van der Waals surface area contributed by atoms with E-state index in [1.54, 1.807) is 23.4 Å². The average Bonchev–Trinajstić information content (AvgIpc) is 3.43. The van der Waals surface area contributed by atoms with Gasteiger partial charge in [0.25, 0.3) is 12.3 Å². The summed E-state index contributed by atoms with van der Waals surface area (Å²) in [6, 6.07) is 10.9. The van der Waals surface area contributed by atoms with Gasteiger partial charge in [-0.2, -0.15) is 0 Å². The third-order valence-electron chi connectivity index (χ3n) is 8.70. The van der Waals surface area contributed by atoms with Crippen molar-refractivity contribution in [2.45, 2.75) is 76.2 Å². The van der Waals surface area contributed by atoms with Crippen LogP contribution in [0.5, 0.6) is 0 Å². The summed E-state index contributed by atoms with van der Waals surface area (Å²) in [5.41, 5.74) is 2.92. The summed E-state index contributed by atoms with van der Waals surface area (Å²) in [6.07, 6.45) is 2.31. The predicted octanol–water partition coefficient (Wildman–Crippen LogP) is 5.83. The second-order valence-corrected chi connectivity index (χ2v) is 11.4. The van der Waals surface area contributed by atoms with E-state index in [1.165, 1.54) is 0 Å². The van der Waals surface area contributed by atoms with Gasteiger partial charge in [0.2, 0.25) is 0 Å². The summed E-state index contributed by atoms with van der Waals surface area (Å²) in [6.45, 7) is 2.68. The third-order valence-corrected chi connectivity index (χ3v) is 8.70. The van der Waals surface area contributed by atoms with Crippen molar-refractivity contribution in [2.75, 3.05) is 4.90 Å². The van der Waals surface area contributed by atoms with Crippen LogP contribution >= 0.6 is 0 Å². The van der Waals surface area contributed by atoms with E-state index in [2.05, 4.69) is 22.4 Å². The highest BCUT2D eigenvalue weighted by molar-refractivity contribution is 6.10. The Labute approximate surface area is 220 Å². The molecule has 6 nitrogen and oxygen atoms in total. The molecule has 38 heavy (non-hydrogen) atoms. The van der Waals surface area contributed by atoms with Crippen molar-refractivity contribution in [3.63, 3.8) is 0 Å². The Balaban J connectivity index is 1.31. The Kier molecular flexibility index (Phi) is 6.29. The smallest absolute Gasteiger partial charge is 0.264 e. The molecular weight excluding hydrogens is 491 g/mol. The van der Waals surface area contributed by atoms with Gasteiger partial charge in [-0.25, -0.2) is 13.2 Å². The number of rotatable bonds is 8. The molecule has 0 bridgehead atoms. The number of alkyl halides is 3. The number of hydrogen-bond acceptors (Lipinski definition) is 4. The first-order valence-corrected chi connectivity index (χ1v) is 13.3. The van der Waals surface area contributed by atoms with Crippen molar-refractivity contribution in [1.29, 1.82) is 0 Å². The van der Waals surface area contributed by atoms with Gasteiger partial charge in [-0.1, -0.05) is 12.1 Å². The first-order valence-electron chi connectivity index (χ1n) is 13.3. The number of fused-ring (bicyclic) bond motifs is 1. The van der Waals surface area contributed by atoms with Gasteiger partial charge in [-0.15, -0.1) is 10.2 Å². The number of aromatic nitrogens is 3. The van der Waals surface area contributed by atoms with Crippen molar-refractivity contribution in [3.8, 4) is 0 Å². The van der Waals surface area contributed by atoms with Crippen LogP contribution in [0, 0.1) is 5.92 Å². The van der Waals surface area contributed by atoms with Crippen LogP contribution in [-0.4, -0.2) is 32.4 Å². The fourth-order valence-corrected chi connectivity index (χ4v) is 6.16. The van der Waals surface area contributed by atoms with Crippen LogP contribution in [0.25, 0.3) is 0 Å². The molecule has 2 aliphatic carbocycles. The molecule has 6 rings (SSSR count). The van der Waals surface area contributed by atoms with Gasteiger partial charge in [0, 0.05) is 41.9 Å². The molecule has 3 aliphatic rings. The Morgan fingerprint density at radius 1 is 1.18 bits per heavy atom. The monoisotopic (exact) mass is 523 g/mol. The van der Waals surface area contributed by atoms with Crippen LogP contribution < -0.4 is 10.2 Å². The quantitative estimate of drug-likeness (QED) is 0.404. The highest BCUT2D eigenvalue weighted by Gasteiger charge is 2.40. The van der Waals surface area contributed by atoms with Crippen LogP contribution in [0.2, 0.25) is 0 Å². The normalized spacial score (nSPS) is 22.8. The third kappa shape index (κ3) is 4.40. The van der Waals surface area contributed by atoms with Gasteiger partial charge in [-0.3, -0.25) is 4.79 Å². The molecule has 200 valence electrons. The largest absolute Gasteiger partial charge is 0.320 e. The molecule has 1 aliphatic heterocycles. The van der Waals surface area contributed by atoms with Gasteiger partial charge >= 0.3 is 0 Å². The fraction of sp³-hybridized carbons (Fsp3) is 0.483. The number of aryl methyl sites for hydroxylation is 1. The summed E-state index contributed by atoms with van der Waals surface area (Å²) in [5.74, 6) is 0.371. The maximum absolute atomic E-state index is 14.1. The summed E-state index contributed by atoms with van der Waals surface area (Å²) in [5, 5.41) is 11.8. The van der Waals surface area contributed by atoms with Gasteiger partial charge < -0.3 is 14.8 Å². The van der Waals surface area contributed by atoms with Crippen LogP contribution in [0.3, 0.4) is 0 Å². The maximum Gasteiger partial charge on any atom is 0.264 e. The second-order valence-electron chi connectivity index (χ2n) is 11.4. The molecule has 0 spiro atoms. The number of nitrogens with zero attached hydrogens (tertiary/aromatic N) is 4. The number of nitrogens with one attached hydrogen (secondary N) is 1. The van der Waals surface area contributed by atoms with Crippen molar-refractivity contribution >= 4 is 11.6 Å². The lowest BCUT2D eigenvalue weighted by molar-refractivity contribution is 0.0996. The molecule has 9 heteroatoms. The lowest BCUT2D eigenvalue weighted by Crippen LogP contribution is -2.47. The van der Waals surface area contributed by atoms with Crippen molar-refractivity contribution in [2.24, 2.45) is 13.0 Å². The molecule has 2 fully saturated rings. The Hall–Kier alpha value is -3.20. The van der Waals surface area contributed by atoms with E-state index in [0.717, 1.165) is 30.7 Å². The molecule has 1 unspecified atom stereocenters. The van der Waals surface area contributed by atoms with E-state index >= 15 is 0 Å². The molecular formula is C29H32F3N5O. The standard InChI is InChI=1S/C29H32F3N5O/c1-29(7-4-8-29)33-14-17-9-22(26(31)32)24-15-37(28(38)23(24)10-17)21-6-3-5-18(13-21)25(19-11-20(30)12-19)27-35-34-16-36(27)2/h3,5-6,9-10,13,16,19-20,25-26,33H,4,7-8,11-12,14-15H2,1-2H3/t19-,20+,25?. The summed E-state index contributed by atoms with van der Waals surface area (Å²) in [7, 11) is 1.86. The lowest BCUT2D eigenvalue weighted by Gasteiger charge is -2.39. The Morgan fingerprint density at radius 3 is 2.61 bits per heavy atom. The summed E-state index contributed by atoms with van der Waals surface area (Å²) < 4.78 is 44.0. The molecule has 1 aromatic heterocycles. The van der Waals surface area contributed by atoms with Crippen LogP contribution in [0.15, 0.2) is 42.7 Å². The minimum atomic E-state index is -2.67. The molecule has 2 aromatic carbocycles. The summed E-state index contributed by atoms with van der Waals surface area (Å²) >= 11 is 0. The number of halogens is 3. The highest BCUT2D eigenvalue weighted by Crippen LogP contribution is 2.45. The van der Waals surface area contributed by atoms with Crippen molar-refractivity contribution in [1.82, 2.24) is 20.1 Å². The van der Waals surface area contributed by atoms with Gasteiger partial charge in [0.15, 0.2) is 0 Å². The Morgan fingerprint density at radius 2 is 1.97 bits per heavy atom. The molecule has 1 N–H and O–H groups in total. The molecule has 1 amide bonds. The van der Waals surface area contributed by atoms with Gasteiger partial charge in [0.05, 0.1) is 6.54 Å². The molecule has 3 aromatic rings. The molecule has 1 atom stereocenters. The van der Waals surface area contributed by atoms with E-state index in [-0.39, 0.29) is 35.4 Å². The van der Waals surface area contributed by atoms with E-state index in [1.807, 2.05) is 35.9 Å². The number of benzene rings is 2. The molecule has 2 heterocycles. The zero-order chi connectivity index (χ0) is 26.6. The number of hydrogen-bond donors (Lipinski definition) is 1. The number of anilines is 1. The lowest BCUT2D eigenvalue weighted by atomic mass is 9.71. The number of amides is 1. The predicted molar refractivity (Wildman–Crippen MR) is 138 cm³/mol. The van der Waals surface area contributed by atoms with E-state index in [9.17, 15) is 18.0 Å². The van der Waals surface area contributed by atoms with Crippen LogP contribution in [0.1, 0.15) is 89.8 Å². The first-order chi connectivity index (χ1) is 18.2. The minimum absolute atomic E-state index is 0.0301. The van der Waals surface area contributed by atoms with E-state index in [4.69, 9.17) is 0 Å². The molecule has 0 radical (unpaired) electrons. The maximum atomic E-state index is 14.1. The zero-order valence-corrected chi connectivity index (χ0v) is 21.6. The van der Waals surface area contributed by atoms with Crippen molar-refractivity contribution in [3.05, 3.63) is 76.4 Å². The second kappa shape index (κ2) is 9.52.